The van der Waals surface area contributed by atoms with Gasteiger partial charge in [0.25, 0.3) is 5.91 Å². The van der Waals surface area contributed by atoms with Gasteiger partial charge in [0.05, 0.1) is 0 Å². The van der Waals surface area contributed by atoms with Gasteiger partial charge in [-0.1, -0.05) is 31.9 Å². The van der Waals surface area contributed by atoms with Crippen LogP contribution in [0.3, 0.4) is 0 Å². The summed E-state index contributed by atoms with van der Waals surface area (Å²) in [4.78, 5) is 11.9. The molecule has 2 nitrogen and oxygen atoms in total. The van der Waals surface area contributed by atoms with Crippen LogP contribution in [0.5, 0.6) is 0 Å². The maximum atomic E-state index is 13.5. The van der Waals surface area contributed by atoms with Gasteiger partial charge in [-0.05, 0) is 42.5 Å². The van der Waals surface area contributed by atoms with Gasteiger partial charge >= 0.3 is 0 Å². The predicted octanol–water partition coefficient (Wildman–Crippen LogP) is 4.28. The molecule has 0 saturated carbocycles. The van der Waals surface area contributed by atoms with Crippen molar-refractivity contribution in [1.29, 1.82) is 0 Å². The Kier molecular flexibility index (Phi) is 4.71. The molecule has 2 aromatic carbocycles. The standard InChI is InChI=1S/C14H10Br2FNO/c15-11-3-1-9(2-4-11)14(19)18-8-10-7-12(16)5-6-13(10)17/h1-7H,8H2,(H,18,19). The fraction of sp³-hybridized carbons (Fsp3) is 0.0714. The Morgan fingerprint density at radius 1 is 1.05 bits per heavy atom. The van der Waals surface area contributed by atoms with Crippen molar-refractivity contribution in [2.24, 2.45) is 0 Å². The number of hydrogen-bond acceptors (Lipinski definition) is 1. The second kappa shape index (κ2) is 6.30. The first-order valence-electron chi connectivity index (χ1n) is 5.54. The third-order valence-electron chi connectivity index (χ3n) is 2.55. The van der Waals surface area contributed by atoms with Crippen LogP contribution in [0.15, 0.2) is 51.4 Å². The van der Waals surface area contributed by atoms with Crippen molar-refractivity contribution in [3.05, 3.63) is 68.4 Å². The van der Waals surface area contributed by atoms with Gasteiger partial charge in [0.1, 0.15) is 5.82 Å². The van der Waals surface area contributed by atoms with E-state index in [1.807, 2.05) is 0 Å². The van der Waals surface area contributed by atoms with Crippen LogP contribution in [0.1, 0.15) is 15.9 Å². The molecule has 0 fully saturated rings. The molecule has 0 aliphatic carbocycles. The number of carbonyl (C=O) groups is 1. The molecule has 0 saturated heterocycles. The molecule has 0 aliphatic rings. The Labute approximate surface area is 127 Å². The van der Waals surface area contributed by atoms with E-state index in [9.17, 15) is 9.18 Å². The molecule has 19 heavy (non-hydrogen) atoms. The molecular weight excluding hydrogens is 377 g/mol. The average Bonchev–Trinajstić information content (AvgIpc) is 2.40. The van der Waals surface area contributed by atoms with E-state index in [2.05, 4.69) is 37.2 Å². The molecule has 0 aromatic heterocycles. The van der Waals surface area contributed by atoms with E-state index in [1.54, 1.807) is 36.4 Å². The Bertz CT molecular complexity index is 599. The lowest BCUT2D eigenvalue weighted by atomic mass is 10.2. The second-order valence-corrected chi connectivity index (χ2v) is 5.76. The molecule has 0 bridgehead atoms. The van der Waals surface area contributed by atoms with E-state index in [0.717, 1.165) is 8.95 Å². The predicted molar refractivity (Wildman–Crippen MR) is 79.4 cm³/mol. The van der Waals surface area contributed by atoms with Gasteiger partial charge in [0.15, 0.2) is 0 Å². The van der Waals surface area contributed by atoms with E-state index in [4.69, 9.17) is 0 Å². The van der Waals surface area contributed by atoms with Crippen LogP contribution >= 0.6 is 31.9 Å². The van der Waals surface area contributed by atoms with Crippen LogP contribution in [0, 0.1) is 5.82 Å². The highest BCUT2D eigenvalue weighted by Gasteiger charge is 2.07. The van der Waals surface area contributed by atoms with Crippen molar-refractivity contribution in [3.63, 3.8) is 0 Å². The summed E-state index contributed by atoms with van der Waals surface area (Å²) in [6.07, 6.45) is 0. The molecule has 0 spiro atoms. The molecule has 0 atom stereocenters. The molecule has 0 unspecified atom stereocenters. The van der Waals surface area contributed by atoms with E-state index < -0.39 is 0 Å². The van der Waals surface area contributed by atoms with E-state index in [-0.39, 0.29) is 18.3 Å². The summed E-state index contributed by atoms with van der Waals surface area (Å²) in [7, 11) is 0. The number of halogens is 3. The van der Waals surface area contributed by atoms with Crippen molar-refractivity contribution in [3.8, 4) is 0 Å². The van der Waals surface area contributed by atoms with E-state index >= 15 is 0 Å². The lowest BCUT2D eigenvalue weighted by Crippen LogP contribution is -2.23. The first kappa shape index (κ1) is 14.2. The average molecular weight is 387 g/mol. The highest BCUT2D eigenvalue weighted by Crippen LogP contribution is 2.15. The Hall–Kier alpha value is -1.20. The van der Waals surface area contributed by atoms with Crippen LogP contribution in [-0.2, 0) is 6.54 Å². The fourth-order valence-corrected chi connectivity index (χ4v) is 2.23. The summed E-state index contributed by atoms with van der Waals surface area (Å²) >= 11 is 6.57. The van der Waals surface area contributed by atoms with Crippen LogP contribution in [-0.4, -0.2) is 5.91 Å². The maximum Gasteiger partial charge on any atom is 0.251 e. The van der Waals surface area contributed by atoms with Crippen molar-refractivity contribution in [1.82, 2.24) is 5.32 Å². The Balaban J connectivity index is 2.04. The lowest BCUT2D eigenvalue weighted by molar-refractivity contribution is 0.0950. The smallest absolute Gasteiger partial charge is 0.251 e. The van der Waals surface area contributed by atoms with Gasteiger partial charge in [-0.15, -0.1) is 0 Å². The first-order chi connectivity index (χ1) is 9.06. The van der Waals surface area contributed by atoms with Crippen LogP contribution in [0.25, 0.3) is 0 Å². The van der Waals surface area contributed by atoms with Gasteiger partial charge in [-0.2, -0.15) is 0 Å². The molecule has 5 heteroatoms. The summed E-state index contributed by atoms with van der Waals surface area (Å²) in [5.41, 5.74) is 0.985. The maximum absolute atomic E-state index is 13.5. The monoisotopic (exact) mass is 385 g/mol. The fourth-order valence-electron chi connectivity index (χ4n) is 1.56. The van der Waals surface area contributed by atoms with Crippen molar-refractivity contribution < 1.29 is 9.18 Å². The van der Waals surface area contributed by atoms with E-state index in [0.29, 0.717) is 11.1 Å². The Morgan fingerprint density at radius 3 is 2.37 bits per heavy atom. The lowest BCUT2D eigenvalue weighted by Gasteiger charge is -2.07. The molecule has 1 N–H and O–H groups in total. The SMILES string of the molecule is O=C(NCc1cc(Br)ccc1F)c1ccc(Br)cc1. The molecule has 98 valence electrons. The van der Waals surface area contributed by atoms with Gasteiger partial charge in [-0.3, -0.25) is 4.79 Å². The van der Waals surface area contributed by atoms with Crippen molar-refractivity contribution in [2.45, 2.75) is 6.54 Å². The molecule has 2 aromatic rings. The van der Waals surface area contributed by atoms with Crippen LogP contribution < -0.4 is 5.32 Å². The zero-order valence-electron chi connectivity index (χ0n) is 9.79. The number of benzene rings is 2. The van der Waals surface area contributed by atoms with Gasteiger partial charge in [0.2, 0.25) is 0 Å². The third-order valence-corrected chi connectivity index (χ3v) is 3.58. The minimum absolute atomic E-state index is 0.153. The van der Waals surface area contributed by atoms with Crippen molar-refractivity contribution >= 4 is 37.8 Å². The minimum atomic E-state index is -0.334. The number of hydrogen-bond donors (Lipinski definition) is 1. The molecule has 0 radical (unpaired) electrons. The topological polar surface area (TPSA) is 29.1 Å². The molecule has 0 aliphatic heterocycles. The van der Waals surface area contributed by atoms with E-state index in [1.165, 1.54) is 6.07 Å². The summed E-state index contributed by atoms with van der Waals surface area (Å²) in [5.74, 6) is -0.564. The quantitative estimate of drug-likeness (QED) is 0.837. The number of amides is 1. The van der Waals surface area contributed by atoms with Crippen LogP contribution in [0.4, 0.5) is 4.39 Å². The zero-order valence-corrected chi connectivity index (χ0v) is 13.0. The third kappa shape index (κ3) is 3.88. The number of carbonyl (C=O) groups excluding carboxylic acids is 1. The number of rotatable bonds is 3. The summed E-state index contributed by atoms with van der Waals surface area (Å²) < 4.78 is 15.2. The largest absolute Gasteiger partial charge is 0.348 e. The minimum Gasteiger partial charge on any atom is -0.348 e. The van der Waals surface area contributed by atoms with Gasteiger partial charge in [0, 0.05) is 26.6 Å². The normalized spacial score (nSPS) is 10.3. The molecule has 1 amide bonds. The first-order valence-corrected chi connectivity index (χ1v) is 7.12. The van der Waals surface area contributed by atoms with Crippen molar-refractivity contribution in [2.75, 3.05) is 0 Å². The summed E-state index contributed by atoms with van der Waals surface area (Å²) in [5, 5.41) is 2.69. The molecular formula is C14H10Br2FNO. The molecule has 0 heterocycles. The zero-order chi connectivity index (χ0) is 13.8. The second-order valence-electron chi connectivity index (χ2n) is 3.93. The van der Waals surface area contributed by atoms with Gasteiger partial charge < -0.3 is 5.32 Å². The number of nitrogens with one attached hydrogen (secondary N) is 1. The summed E-state index contributed by atoms with van der Waals surface area (Å²) in [6.45, 7) is 0.153. The highest BCUT2D eigenvalue weighted by atomic mass is 79.9. The van der Waals surface area contributed by atoms with Gasteiger partial charge in [-0.25, -0.2) is 4.39 Å². The molecule has 2 rings (SSSR count). The highest BCUT2D eigenvalue weighted by molar-refractivity contribution is 9.10. The van der Waals surface area contributed by atoms with Crippen LogP contribution in [0.2, 0.25) is 0 Å². The Morgan fingerprint density at radius 2 is 1.68 bits per heavy atom. The summed E-state index contributed by atoms with van der Waals surface area (Å²) in [6, 6.07) is 11.6.